The van der Waals surface area contributed by atoms with Crippen molar-refractivity contribution in [3.63, 3.8) is 0 Å². The van der Waals surface area contributed by atoms with Crippen LogP contribution in [-0.2, 0) is 28.4 Å². The highest BCUT2D eigenvalue weighted by Crippen LogP contribution is 2.46. The number of aliphatic carboxylic acids is 1. The van der Waals surface area contributed by atoms with Crippen LogP contribution in [0.2, 0.25) is 0 Å². The molecule has 4 bridgehead atoms. The number of carbonyl (C=O) groups is 3. The number of non-ortho nitro benzene ring substituents is 1. The van der Waals surface area contributed by atoms with Crippen molar-refractivity contribution >= 4 is 31.3 Å². The molecule has 56 heavy (non-hydrogen) atoms. The normalized spacial score (nSPS) is 25.7. The van der Waals surface area contributed by atoms with Gasteiger partial charge in [0.15, 0.2) is 0 Å². The van der Waals surface area contributed by atoms with Crippen LogP contribution in [-0.4, -0.2) is 98.5 Å². The molecule has 0 aliphatic carbocycles. The SMILES string of the molecule is C[C@H](N)C(=O)OCC12CC[NH+](CC1)CC2.C[C@H](NP(=O)(Oc1ccccc1)Oc1ccc([N+](=O)[O-])cc1)C(=O)OCC12CCN(CC1)CC2.O=C([O-])C(F)(F)F. The van der Waals surface area contributed by atoms with Crippen molar-refractivity contribution in [3.05, 3.63) is 64.7 Å². The quantitative estimate of drug-likeness (QED) is 0.115. The Morgan fingerprint density at radius 3 is 1.75 bits per heavy atom. The van der Waals surface area contributed by atoms with Gasteiger partial charge in [-0.25, -0.2) is 4.57 Å². The second-order valence-electron chi connectivity index (χ2n) is 14.7. The second-order valence-corrected chi connectivity index (χ2v) is 16.3. The topological polar surface area (TPSA) is 217 Å². The number of hydrogen-bond acceptors (Lipinski definition) is 13. The predicted molar refractivity (Wildman–Crippen MR) is 192 cm³/mol. The van der Waals surface area contributed by atoms with Gasteiger partial charge in [0.1, 0.15) is 29.6 Å². The average Bonchev–Trinajstić information content (AvgIpc) is 3.18. The highest BCUT2D eigenvalue weighted by atomic mass is 31.2. The number of ether oxygens (including phenoxy) is 2. The molecular formula is C36H49F3N5O11P. The lowest BCUT2D eigenvalue weighted by Gasteiger charge is -2.47. The molecule has 0 aromatic heterocycles. The molecule has 0 spiro atoms. The standard InChI is InChI=1S/C23H28N3O7P.C11H20N2O2.C2HF3O2/c1-18(22(27)31-17-23-11-14-25(15-12-23)16-13-23)24-34(30,32-20-5-3-2-4-6-20)33-21-9-7-19(8-10-21)26(28)29;1-9(12)10(14)15-8-11-2-5-13(6-3-11)7-4-11;3-2(4,5)1(6)7/h2-10,18H,11-17H2,1H3,(H,24,30);9H,2-8,12H2,1H3;(H,6,7)/t18-,34?;9-;/m00./s1. The van der Waals surface area contributed by atoms with Gasteiger partial charge in [0, 0.05) is 42.2 Å². The number of nitro benzene ring substituents is 1. The molecule has 6 aliphatic rings. The van der Waals surface area contributed by atoms with Crippen molar-refractivity contribution in [2.45, 2.75) is 70.6 Å². The Bertz CT molecular complexity index is 1660. The number of nitrogens with zero attached hydrogens (tertiary/aromatic N) is 2. The first kappa shape index (κ1) is 44.4. The minimum atomic E-state index is -5.19. The van der Waals surface area contributed by atoms with Gasteiger partial charge in [-0.05, 0) is 77.0 Å². The molecule has 6 saturated heterocycles. The van der Waals surface area contributed by atoms with Crippen molar-refractivity contribution < 1.29 is 65.6 Å². The minimum Gasteiger partial charge on any atom is -0.542 e. The molecule has 0 saturated carbocycles. The van der Waals surface area contributed by atoms with Gasteiger partial charge in [0.25, 0.3) is 5.69 Å². The number of quaternary nitrogens is 1. The van der Waals surface area contributed by atoms with Gasteiger partial charge in [0.05, 0.1) is 37.8 Å². The Balaban J connectivity index is 0.000000259. The predicted octanol–water partition coefficient (Wildman–Crippen LogP) is 2.41. The van der Waals surface area contributed by atoms with Gasteiger partial charge in [-0.3, -0.25) is 19.7 Å². The molecule has 1 unspecified atom stereocenters. The van der Waals surface area contributed by atoms with Crippen LogP contribution in [0.3, 0.4) is 0 Å². The molecule has 6 aliphatic heterocycles. The van der Waals surface area contributed by atoms with Crippen LogP contribution in [0.25, 0.3) is 0 Å². The Labute approximate surface area is 322 Å². The first-order chi connectivity index (χ1) is 26.3. The van der Waals surface area contributed by atoms with E-state index in [0.717, 1.165) is 38.9 Å². The third-order valence-corrected chi connectivity index (χ3v) is 12.1. The zero-order valence-electron chi connectivity index (χ0n) is 31.3. The number of carboxylic acid groups (broad SMARTS) is 1. The highest BCUT2D eigenvalue weighted by Gasteiger charge is 2.44. The smallest absolute Gasteiger partial charge is 0.513 e. The maximum absolute atomic E-state index is 13.6. The van der Waals surface area contributed by atoms with Gasteiger partial charge < -0.3 is 44.0 Å². The Hall–Kier alpha value is -4.29. The van der Waals surface area contributed by atoms with E-state index in [9.17, 15) is 37.4 Å². The number of nitrogens with two attached hydrogens (primary N) is 1. The van der Waals surface area contributed by atoms with Crippen molar-refractivity contribution in [2.75, 3.05) is 52.5 Å². The van der Waals surface area contributed by atoms with Crippen molar-refractivity contribution in [2.24, 2.45) is 16.6 Å². The fourth-order valence-electron chi connectivity index (χ4n) is 6.86. The largest absolute Gasteiger partial charge is 0.542 e. The summed E-state index contributed by atoms with van der Waals surface area (Å²) in [6.45, 7) is 10.9. The molecular weight excluding hydrogens is 766 g/mol. The van der Waals surface area contributed by atoms with E-state index in [1.54, 1.807) is 42.2 Å². The summed E-state index contributed by atoms with van der Waals surface area (Å²) in [7, 11) is -4.11. The third-order valence-electron chi connectivity index (χ3n) is 10.5. The molecule has 0 radical (unpaired) electrons. The van der Waals surface area contributed by atoms with Crippen LogP contribution >= 0.6 is 7.75 Å². The van der Waals surface area contributed by atoms with Gasteiger partial charge in [0.2, 0.25) is 0 Å². The van der Waals surface area contributed by atoms with E-state index in [1.807, 2.05) is 0 Å². The maximum atomic E-state index is 13.6. The molecule has 8 rings (SSSR count). The highest BCUT2D eigenvalue weighted by molar-refractivity contribution is 7.52. The monoisotopic (exact) mass is 815 g/mol. The second kappa shape index (κ2) is 19.2. The minimum absolute atomic E-state index is 0.0175. The van der Waals surface area contributed by atoms with Gasteiger partial charge >= 0.3 is 25.9 Å². The number of halogens is 3. The van der Waals surface area contributed by atoms with Crippen LogP contribution in [0, 0.1) is 20.9 Å². The van der Waals surface area contributed by atoms with Crippen molar-refractivity contribution in [3.8, 4) is 11.5 Å². The number of carboxylic acids is 1. The fourth-order valence-corrected chi connectivity index (χ4v) is 8.38. The number of carbonyl (C=O) groups excluding carboxylic acids is 3. The van der Waals surface area contributed by atoms with E-state index in [-0.39, 0.29) is 34.0 Å². The molecule has 6 fully saturated rings. The Morgan fingerprint density at radius 2 is 1.30 bits per heavy atom. The lowest BCUT2D eigenvalue weighted by atomic mass is 9.73. The Morgan fingerprint density at radius 1 is 0.857 bits per heavy atom. The molecule has 4 N–H and O–H groups in total. The molecule has 6 heterocycles. The number of piperidine rings is 6. The van der Waals surface area contributed by atoms with E-state index < -0.39 is 42.9 Å². The molecule has 3 atom stereocenters. The molecule has 16 nitrogen and oxygen atoms in total. The molecule has 20 heteroatoms. The lowest BCUT2D eigenvalue weighted by Crippen LogP contribution is -3.15. The van der Waals surface area contributed by atoms with E-state index in [0.29, 0.717) is 13.2 Å². The number of benzene rings is 2. The van der Waals surface area contributed by atoms with Crippen LogP contribution in [0.1, 0.15) is 52.4 Å². The van der Waals surface area contributed by atoms with Crippen molar-refractivity contribution in [1.29, 1.82) is 0 Å². The number of alkyl halides is 3. The summed E-state index contributed by atoms with van der Waals surface area (Å²) in [4.78, 5) is 47.3. The number of hydrogen-bond donors (Lipinski definition) is 3. The number of nitrogens with one attached hydrogen (secondary N) is 2. The number of esters is 2. The van der Waals surface area contributed by atoms with Gasteiger partial charge in [-0.1, -0.05) is 18.2 Å². The summed E-state index contributed by atoms with van der Waals surface area (Å²) in [5.74, 6) is -3.46. The van der Waals surface area contributed by atoms with Gasteiger partial charge in [-0.2, -0.15) is 18.3 Å². The number of nitro groups is 1. The number of fused-ring (bicyclic) bond motifs is 6. The Kier molecular flexibility index (Phi) is 15.3. The van der Waals surface area contributed by atoms with Crippen LogP contribution in [0.4, 0.5) is 18.9 Å². The first-order valence-corrected chi connectivity index (χ1v) is 19.9. The fraction of sp³-hybridized carbons (Fsp3) is 0.583. The van der Waals surface area contributed by atoms with Crippen LogP contribution in [0.15, 0.2) is 54.6 Å². The molecule has 2 aromatic rings. The van der Waals surface area contributed by atoms with E-state index in [2.05, 4.69) is 9.99 Å². The molecule has 0 amide bonds. The number of para-hydroxylation sites is 1. The van der Waals surface area contributed by atoms with E-state index in [4.69, 9.17) is 34.2 Å². The summed E-state index contributed by atoms with van der Waals surface area (Å²) >= 11 is 0. The lowest BCUT2D eigenvalue weighted by molar-refractivity contribution is -0.919. The summed E-state index contributed by atoms with van der Waals surface area (Å²) in [6, 6.07) is 12.0. The van der Waals surface area contributed by atoms with E-state index >= 15 is 0 Å². The number of rotatable bonds is 13. The van der Waals surface area contributed by atoms with E-state index in [1.165, 1.54) is 70.1 Å². The molecule has 310 valence electrons. The third kappa shape index (κ3) is 13.1. The van der Waals surface area contributed by atoms with Crippen molar-refractivity contribution in [1.82, 2.24) is 9.99 Å². The maximum Gasteiger partial charge on any atom is 0.513 e. The molecule has 2 aromatic carbocycles. The average molecular weight is 816 g/mol. The zero-order chi connectivity index (χ0) is 41.1. The summed E-state index contributed by atoms with van der Waals surface area (Å²) in [5.41, 5.74) is 5.63. The van der Waals surface area contributed by atoms with Gasteiger partial charge in [-0.15, -0.1) is 0 Å². The first-order valence-electron chi connectivity index (χ1n) is 18.3. The summed E-state index contributed by atoms with van der Waals surface area (Å²) < 4.78 is 67.3. The van der Waals surface area contributed by atoms with Crippen LogP contribution < -0.4 is 29.9 Å². The summed E-state index contributed by atoms with van der Waals surface area (Å²) in [5, 5.41) is 22.3. The zero-order valence-corrected chi connectivity index (χ0v) is 32.2. The van der Waals surface area contributed by atoms with Crippen LogP contribution in [0.5, 0.6) is 11.5 Å². The summed E-state index contributed by atoms with van der Waals surface area (Å²) in [6.07, 6.45) is 1.42.